The molecule has 0 saturated carbocycles. The Labute approximate surface area is 118 Å². The monoisotopic (exact) mass is 295 g/mol. The number of anilines is 1. The van der Waals surface area contributed by atoms with E-state index in [2.05, 4.69) is 0 Å². The Balaban J connectivity index is 2.84. The summed E-state index contributed by atoms with van der Waals surface area (Å²) in [5, 5.41) is 9.00. The smallest absolute Gasteiger partial charge is 0.243 e. The molecule has 1 aromatic rings. The van der Waals surface area contributed by atoms with Gasteiger partial charge in [-0.15, -0.1) is 0 Å². The van der Waals surface area contributed by atoms with Crippen molar-refractivity contribution in [1.82, 2.24) is 0 Å². The molecule has 20 heavy (non-hydrogen) atoms. The van der Waals surface area contributed by atoms with E-state index < -0.39 is 21.8 Å². The Bertz CT molecular complexity index is 635. The number of nitriles is 1. The molecule has 0 saturated heterocycles. The summed E-state index contributed by atoms with van der Waals surface area (Å²) in [6.07, 6.45) is 1.15. The molecule has 2 N–H and O–H groups in total. The van der Waals surface area contributed by atoms with Crippen LogP contribution in [0.4, 0.5) is 5.69 Å². The van der Waals surface area contributed by atoms with Gasteiger partial charge in [0.15, 0.2) is 0 Å². The molecule has 0 aliphatic carbocycles. The van der Waals surface area contributed by atoms with E-state index >= 15 is 0 Å². The average molecular weight is 295 g/mol. The van der Waals surface area contributed by atoms with Gasteiger partial charge in [-0.1, -0.05) is 12.1 Å². The minimum Gasteiger partial charge on any atom is -0.320 e. The van der Waals surface area contributed by atoms with Crippen LogP contribution in [0.5, 0.6) is 0 Å². The molecule has 0 fully saturated rings. The first-order chi connectivity index (χ1) is 9.26. The van der Waals surface area contributed by atoms with Crippen LogP contribution < -0.4 is 10.6 Å². The van der Waals surface area contributed by atoms with Gasteiger partial charge in [0, 0.05) is 13.3 Å². The van der Waals surface area contributed by atoms with Crippen LogP contribution in [0, 0.1) is 11.3 Å². The van der Waals surface area contributed by atoms with Gasteiger partial charge in [0.2, 0.25) is 5.91 Å². The van der Waals surface area contributed by atoms with Gasteiger partial charge in [0.05, 0.1) is 23.0 Å². The second kappa shape index (κ2) is 6.50. The Morgan fingerprint density at radius 1 is 1.45 bits per heavy atom. The fourth-order valence-electron chi connectivity index (χ4n) is 1.69. The van der Waals surface area contributed by atoms with Crippen molar-refractivity contribution in [3.8, 4) is 6.07 Å². The van der Waals surface area contributed by atoms with Crippen molar-refractivity contribution in [1.29, 1.82) is 5.26 Å². The lowest BCUT2D eigenvalue weighted by Crippen LogP contribution is -2.43. The maximum absolute atomic E-state index is 12.1. The number of hydrogen-bond acceptors (Lipinski definition) is 5. The highest BCUT2D eigenvalue weighted by Crippen LogP contribution is 2.19. The molecule has 1 aromatic carbocycles. The number of carbonyl (C=O) groups is 1. The zero-order valence-electron chi connectivity index (χ0n) is 11.4. The quantitative estimate of drug-likeness (QED) is 0.840. The number of amides is 1. The van der Waals surface area contributed by atoms with Gasteiger partial charge in [0.25, 0.3) is 0 Å². The summed E-state index contributed by atoms with van der Waals surface area (Å²) in [5.41, 5.74) is 6.53. The Hall–Kier alpha value is -1.91. The normalized spacial score (nSPS) is 12.5. The second-order valence-electron chi connectivity index (χ2n) is 4.55. The summed E-state index contributed by atoms with van der Waals surface area (Å²) >= 11 is 0. The molecule has 1 atom stereocenters. The highest BCUT2D eigenvalue weighted by Gasteiger charge is 2.22. The zero-order valence-corrected chi connectivity index (χ0v) is 12.2. The molecule has 7 heteroatoms. The summed E-state index contributed by atoms with van der Waals surface area (Å²) < 4.78 is 22.2. The predicted molar refractivity (Wildman–Crippen MR) is 76.9 cm³/mol. The van der Waals surface area contributed by atoms with E-state index in [1.54, 1.807) is 24.3 Å². The Morgan fingerprint density at radius 3 is 2.60 bits per heavy atom. The van der Waals surface area contributed by atoms with E-state index in [9.17, 15) is 13.2 Å². The highest BCUT2D eigenvalue weighted by atomic mass is 32.2. The minimum absolute atomic E-state index is 0.0523. The van der Waals surface area contributed by atoms with Crippen molar-refractivity contribution in [2.45, 2.75) is 12.5 Å². The van der Waals surface area contributed by atoms with Crippen LogP contribution in [0.15, 0.2) is 24.3 Å². The molecule has 0 radical (unpaired) electrons. The first-order valence-electron chi connectivity index (χ1n) is 5.96. The van der Waals surface area contributed by atoms with Crippen LogP contribution >= 0.6 is 0 Å². The largest absolute Gasteiger partial charge is 0.320 e. The van der Waals surface area contributed by atoms with Crippen LogP contribution in [0.3, 0.4) is 0 Å². The van der Waals surface area contributed by atoms with Crippen LogP contribution in [0.1, 0.15) is 12.0 Å². The lowest BCUT2D eigenvalue weighted by Gasteiger charge is -2.22. The van der Waals surface area contributed by atoms with Crippen molar-refractivity contribution < 1.29 is 13.2 Å². The van der Waals surface area contributed by atoms with Crippen molar-refractivity contribution in [3.63, 3.8) is 0 Å². The third kappa shape index (κ3) is 4.33. The standard InChI is InChI=1S/C13H17N3O3S/c1-16(12-6-4-3-5-10(12)9-14)13(17)11(15)7-8-20(2,18)19/h3-6,11H,7-8,15H2,1-2H3. The van der Waals surface area contributed by atoms with E-state index in [0.717, 1.165) is 6.26 Å². The number of hydrogen-bond donors (Lipinski definition) is 1. The lowest BCUT2D eigenvalue weighted by atomic mass is 10.1. The summed E-state index contributed by atoms with van der Waals surface area (Å²) in [4.78, 5) is 13.4. The maximum atomic E-state index is 12.1. The molecule has 108 valence electrons. The number of para-hydroxylation sites is 1. The molecule has 1 amide bonds. The second-order valence-corrected chi connectivity index (χ2v) is 6.81. The van der Waals surface area contributed by atoms with Crippen LogP contribution in [-0.2, 0) is 14.6 Å². The minimum atomic E-state index is -3.16. The first-order valence-corrected chi connectivity index (χ1v) is 8.02. The first kappa shape index (κ1) is 16.1. The lowest BCUT2D eigenvalue weighted by molar-refractivity contribution is -0.119. The number of nitrogens with zero attached hydrogens (tertiary/aromatic N) is 2. The highest BCUT2D eigenvalue weighted by molar-refractivity contribution is 7.90. The van der Waals surface area contributed by atoms with Crippen LogP contribution in [0.2, 0.25) is 0 Å². The van der Waals surface area contributed by atoms with Gasteiger partial charge < -0.3 is 10.6 Å². The maximum Gasteiger partial charge on any atom is 0.243 e. The number of rotatable bonds is 5. The molecule has 0 aliphatic rings. The van der Waals surface area contributed by atoms with Crippen LogP contribution in [0.25, 0.3) is 0 Å². The molecule has 6 nitrogen and oxygen atoms in total. The topological polar surface area (TPSA) is 104 Å². The third-order valence-electron chi connectivity index (χ3n) is 2.83. The van der Waals surface area contributed by atoms with E-state index in [-0.39, 0.29) is 12.2 Å². The number of nitrogens with two attached hydrogens (primary N) is 1. The fourth-order valence-corrected chi connectivity index (χ4v) is 2.37. The molecule has 1 rings (SSSR count). The molecule has 1 unspecified atom stereocenters. The Kier molecular flexibility index (Phi) is 5.25. The molecular weight excluding hydrogens is 278 g/mol. The van der Waals surface area contributed by atoms with Crippen molar-refractivity contribution >= 4 is 21.4 Å². The van der Waals surface area contributed by atoms with Gasteiger partial charge in [-0.05, 0) is 18.6 Å². The van der Waals surface area contributed by atoms with Crippen LogP contribution in [-0.4, -0.2) is 39.4 Å². The van der Waals surface area contributed by atoms with Gasteiger partial charge in [-0.25, -0.2) is 8.42 Å². The van der Waals surface area contributed by atoms with E-state index in [1.807, 2.05) is 6.07 Å². The SMILES string of the molecule is CN(C(=O)C(N)CCS(C)(=O)=O)c1ccccc1C#N. The Morgan fingerprint density at radius 2 is 2.05 bits per heavy atom. The van der Waals surface area contributed by atoms with E-state index in [1.165, 1.54) is 11.9 Å². The number of benzene rings is 1. The molecule has 0 aliphatic heterocycles. The summed E-state index contributed by atoms with van der Waals surface area (Å²) in [6, 6.07) is 7.73. The van der Waals surface area contributed by atoms with Crippen molar-refractivity contribution in [3.05, 3.63) is 29.8 Å². The van der Waals surface area contributed by atoms with Gasteiger partial charge in [-0.2, -0.15) is 5.26 Å². The van der Waals surface area contributed by atoms with E-state index in [0.29, 0.717) is 11.3 Å². The van der Waals surface area contributed by atoms with Crippen molar-refractivity contribution in [2.75, 3.05) is 24.0 Å². The van der Waals surface area contributed by atoms with E-state index in [4.69, 9.17) is 11.0 Å². The van der Waals surface area contributed by atoms with Gasteiger partial charge in [-0.3, -0.25) is 4.79 Å². The summed E-state index contributed by atoms with van der Waals surface area (Å²) in [6.45, 7) is 0. The molecule has 0 bridgehead atoms. The zero-order chi connectivity index (χ0) is 15.3. The number of sulfone groups is 1. The third-order valence-corrected chi connectivity index (χ3v) is 3.81. The number of likely N-dealkylation sites (N-methyl/N-ethyl adjacent to an activating group) is 1. The predicted octanol–water partition coefficient (Wildman–Crippen LogP) is 0.283. The van der Waals surface area contributed by atoms with Gasteiger partial charge in [0.1, 0.15) is 15.9 Å². The summed E-state index contributed by atoms with van der Waals surface area (Å²) in [5.74, 6) is -0.565. The molecule has 0 spiro atoms. The van der Waals surface area contributed by atoms with Crippen molar-refractivity contribution in [2.24, 2.45) is 5.73 Å². The average Bonchev–Trinajstić information content (AvgIpc) is 2.42. The molecule has 0 heterocycles. The fraction of sp³-hybridized carbons (Fsp3) is 0.385. The molecule has 0 aromatic heterocycles. The van der Waals surface area contributed by atoms with Gasteiger partial charge >= 0.3 is 0 Å². The number of carbonyl (C=O) groups excluding carboxylic acids is 1. The summed E-state index contributed by atoms with van der Waals surface area (Å²) in [7, 11) is -1.65. The molecular formula is C13H17N3O3S.